The first-order chi connectivity index (χ1) is 10.2. The summed E-state index contributed by atoms with van der Waals surface area (Å²) in [4.78, 5) is 9.08. The Kier molecular flexibility index (Phi) is 3.93. The van der Waals surface area contributed by atoms with Crippen molar-refractivity contribution in [2.45, 2.75) is 32.2 Å². The van der Waals surface area contributed by atoms with Crippen LogP contribution < -0.4 is 0 Å². The molecule has 0 spiro atoms. The summed E-state index contributed by atoms with van der Waals surface area (Å²) in [5.74, 6) is 0.888. The Balaban J connectivity index is 1.96. The minimum absolute atomic E-state index is 0.129. The van der Waals surface area contributed by atoms with E-state index in [0.29, 0.717) is 0 Å². The highest BCUT2D eigenvalue weighted by Gasteiger charge is 2.15. The molecule has 4 heteroatoms. The van der Waals surface area contributed by atoms with Gasteiger partial charge < -0.3 is 4.57 Å². The Morgan fingerprint density at radius 2 is 2.00 bits per heavy atom. The van der Waals surface area contributed by atoms with Crippen molar-refractivity contribution in [1.29, 1.82) is 0 Å². The number of hydrogen-bond acceptors (Lipinski definition) is 2. The van der Waals surface area contributed by atoms with Crippen LogP contribution in [0.25, 0.3) is 11.2 Å². The van der Waals surface area contributed by atoms with Crippen molar-refractivity contribution >= 4 is 22.8 Å². The molecule has 2 aromatic heterocycles. The van der Waals surface area contributed by atoms with E-state index >= 15 is 0 Å². The fourth-order valence-corrected chi connectivity index (χ4v) is 2.79. The molecule has 0 fully saturated rings. The molecule has 0 aliphatic carbocycles. The lowest BCUT2D eigenvalue weighted by Gasteiger charge is -2.11. The third-order valence-electron chi connectivity index (χ3n) is 3.76. The Hall–Kier alpha value is -1.87. The van der Waals surface area contributed by atoms with Gasteiger partial charge in [-0.1, -0.05) is 24.3 Å². The van der Waals surface area contributed by atoms with Crippen molar-refractivity contribution in [1.82, 2.24) is 14.5 Å². The van der Waals surface area contributed by atoms with Gasteiger partial charge in [0, 0.05) is 12.7 Å². The van der Waals surface area contributed by atoms with Gasteiger partial charge in [-0.05, 0) is 43.5 Å². The molecule has 3 nitrogen and oxygen atoms in total. The van der Waals surface area contributed by atoms with Crippen LogP contribution in [0.2, 0.25) is 0 Å². The SMILES string of the molecule is Cc1ccccc1CCn1c(C(C)Cl)nc2cccnc21. The summed E-state index contributed by atoms with van der Waals surface area (Å²) in [7, 11) is 0. The van der Waals surface area contributed by atoms with E-state index in [2.05, 4.69) is 45.7 Å². The zero-order valence-corrected chi connectivity index (χ0v) is 13.0. The summed E-state index contributed by atoms with van der Waals surface area (Å²) < 4.78 is 2.14. The summed E-state index contributed by atoms with van der Waals surface area (Å²) in [6.45, 7) is 4.93. The number of rotatable bonds is 4. The van der Waals surface area contributed by atoms with E-state index in [1.54, 1.807) is 6.20 Å². The van der Waals surface area contributed by atoms with Gasteiger partial charge in [-0.2, -0.15) is 0 Å². The second kappa shape index (κ2) is 5.86. The van der Waals surface area contributed by atoms with Gasteiger partial charge in [-0.25, -0.2) is 9.97 Å². The second-order valence-corrected chi connectivity index (χ2v) is 5.91. The third-order valence-corrected chi connectivity index (χ3v) is 3.95. The molecule has 2 heterocycles. The number of halogens is 1. The van der Waals surface area contributed by atoms with Crippen molar-refractivity contribution in [2.75, 3.05) is 0 Å². The highest BCUT2D eigenvalue weighted by molar-refractivity contribution is 6.20. The minimum atomic E-state index is -0.129. The van der Waals surface area contributed by atoms with Crippen LogP contribution in [0.15, 0.2) is 42.6 Å². The zero-order valence-electron chi connectivity index (χ0n) is 12.3. The Morgan fingerprint density at radius 3 is 2.76 bits per heavy atom. The monoisotopic (exact) mass is 299 g/mol. The predicted octanol–water partition coefficient (Wildman–Crippen LogP) is 4.28. The number of nitrogens with zero attached hydrogens (tertiary/aromatic N) is 3. The number of aryl methyl sites for hydroxylation is 3. The first kappa shape index (κ1) is 14.1. The third kappa shape index (κ3) is 2.79. The quantitative estimate of drug-likeness (QED) is 0.673. The summed E-state index contributed by atoms with van der Waals surface area (Å²) in [5, 5.41) is -0.129. The normalized spacial score (nSPS) is 12.7. The van der Waals surface area contributed by atoms with E-state index in [1.165, 1.54) is 11.1 Å². The molecule has 0 aliphatic heterocycles. The van der Waals surface area contributed by atoms with Crippen LogP contribution in [-0.4, -0.2) is 14.5 Å². The van der Waals surface area contributed by atoms with Crippen molar-refractivity contribution in [3.63, 3.8) is 0 Å². The minimum Gasteiger partial charge on any atom is -0.311 e. The molecule has 3 aromatic rings. The number of hydrogen-bond donors (Lipinski definition) is 0. The highest BCUT2D eigenvalue weighted by atomic mass is 35.5. The van der Waals surface area contributed by atoms with Crippen LogP contribution in [0.4, 0.5) is 0 Å². The van der Waals surface area contributed by atoms with E-state index < -0.39 is 0 Å². The van der Waals surface area contributed by atoms with Crippen LogP contribution in [0.5, 0.6) is 0 Å². The number of aromatic nitrogens is 3. The zero-order chi connectivity index (χ0) is 14.8. The van der Waals surface area contributed by atoms with Crippen LogP contribution in [-0.2, 0) is 13.0 Å². The molecule has 21 heavy (non-hydrogen) atoms. The van der Waals surface area contributed by atoms with Gasteiger partial charge >= 0.3 is 0 Å². The molecule has 108 valence electrons. The highest BCUT2D eigenvalue weighted by Crippen LogP contribution is 2.24. The molecule has 0 amide bonds. The smallest absolute Gasteiger partial charge is 0.160 e. The van der Waals surface area contributed by atoms with Gasteiger partial charge in [0.2, 0.25) is 0 Å². The largest absolute Gasteiger partial charge is 0.311 e. The van der Waals surface area contributed by atoms with Gasteiger partial charge in [0.15, 0.2) is 5.65 Å². The molecule has 1 atom stereocenters. The maximum Gasteiger partial charge on any atom is 0.160 e. The Morgan fingerprint density at radius 1 is 1.19 bits per heavy atom. The van der Waals surface area contributed by atoms with E-state index in [0.717, 1.165) is 30.0 Å². The molecular weight excluding hydrogens is 282 g/mol. The molecule has 0 saturated carbocycles. The summed E-state index contributed by atoms with van der Waals surface area (Å²) >= 11 is 6.28. The van der Waals surface area contributed by atoms with E-state index in [-0.39, 0.29) is 5.38 Å². The Labute approximate surface area is 129 Å². The van der Waals surface area contributed by atoms with Crippen LogP contribution in [0.1, 0.15) is 29.3 Å². The molecule has 0 N–H and O–H groups in total. The maximum atomic E-state index is 6.28. The number of benzene rings is 1. The fourth-order valence-electron chi connectivity index (χ4n) is 2.62. The topological polar surface area (TPSA) is 30.7 Å². The van der Waals surface area contributed by atoms with E-state index in [9.17, 15) is 0 Å². The average Bonchev–Trinajstić information content (AvgIpc) is 2.85. The van der Waals surface area contributed by atoms with E-state index in [4.69, 9.17) is 11.6 Å². The lowest BCUT2D eigenvalue weighted by Crippen LogP contribution is -2.08. The predicted molar refractivity (Wildman–Crippen MR) is 86.7 cm³/mol. The number of pyridine rings is 1. The molecule has 1 aromatic carbocycles. The molecule has 1 unspecified atom stereocenters. The Bertz CT molecular complexity index is 762. The average molecular weight is 300 g/mol. The van der Waals surface area contributed by atoms with Crippen molar-refractivity contribution in [3.05, 3.63) is 59.5 Å². The van der Waals surface area contributed by atoms with Crippen molar-refractivity contribution < 1.29 is 0 Å². The maximum absolute atomic E-state index is 6.28. The van der Waals surface area contributed by atoms with Gasteiger partial charge in [0.05, 0.1) is 5.38 Å². The summed E-state index contributed by atoms with van der Waals surface area (Å²) in [6, 6.07) is 12.4. The molecule has 0 radical (unpaired) electrons. The molecule has 3 rings (SSSR count). The van der Waals surface area contributed by atoms with E-state index in [1.807, 2.05) is 19.1 Å². The van der Waals surface area contributed by atoms with Crippen molar-refractivity contribution in [3.8, 4) is 0 Å². The van der Waals surface area contributed by atoms with Gasteiger partial charge in [-0.15, -0.1) is 11.6 Å². The second-order valence-electron chi connectivity index (χ2n) is 5.26. The van der Waals surface area contributed by atoms with Crippen LogP contribution in [0, 0.1) is 6.92 Å². The molecular formula is C17H18ClN3. The number of alkyl halides is 1. The fraction of sp³-hybridized carbons (Fsp3) is 0.294. The van der Waals surface area contributed by atoms with Gasteiger partial charge in [0.25, 0.3) is 0 Å². The summed E-state index contributed by atoms with van der Waals surface area (Å²) in [6.07, 6.45) is 2.75. The standard InChI is InChI=1S/C17H18ClN3/c1-12-6-3-4-7-14(12)9-11-21-16(13(2)18)20-15-8-5-10-19-17(15)21/h3-8,10,13H,9,11H2,1-2H3. The van der Waals surface area contributed by atoms with Crippen LogP contribution in [0.3, 0.4) is 0 Å². The van der Waals surface area contributed by atoms with Crippen molar-refractivity contribution in [2.24, 2.45) is 0 Å². The number of fused-ring (bicyclic) bond motifs is 1. The number of imidazole rings is 1. The summed E-state index contributed by atoms with van der Waals surface area (Å²) in [5.41, 5.74) is 4.48. The van der Waals surface area contributed by atoms with Crippen LogP contribution >= 0.6 is 11.6 Å². The molecule has 0 aliphatic rings. The lowest BCUT2D eigenvalue weighted by molar-refractivity contribution is 0.662. The van der Waals surface area contributed by atoms with Gasteiger partial charge in [-0.3, -0.25) is 0 Å². The lowest BCUT2D eigenvalue weighted by atomic mass is 10.1. The first-order valence-corrected chi connectivity index (χ1v) is 7.60. The van der Waals surface area contributed by atoms with Gasteiger partial charge in [0.1, 0.15) is 11.3 Å². The molecule has 0 bridgehead atoms. The first-order valence-electron chi connectivity index (χ1n) is 7.16. The molecule has 0 saturated heterocycles.